The van der Waals surface area contributed by atoms with E-state index in [1.165, 1.54) is 11.8 Å². The van der Waals surface area contributed by atoms with Gasteiger partial charge in [0, 0.05) is 18.3 Å². The number of aromatic amines is 1. The first-order valence-electron chi connectivity index (χ1n) is 6.58. The number of aliphatic hydroxyl groups excluding tert-OH is 1. The van der Waals surface area contributed by atoms with E-state index in [4.69, 9.17) is 5.73 Å². The lowest BCUT2D eigenvalue weighted by molar-refractivity contribution is -0.138. The van der Waals surface area contributed by atoms with Crippen molar-refractivity contribution < 1.29 is 23.1 Å². The van der Waals surface area contributed by atoms with Gasteiger partial charge in [-0.1, -0.05) is 0 Å². The van der Waals surface area contributed by atoms with E-state index < -0.39 is 41.5 Å². The minimum atomic E-state index is -4.67. The molecule has 2 heterocycles. The van der Waals surface area contributed by atoms with Crippen molar-refractivity contribution in [2.24, 2.45) is 11.7 Å². The molecule has 2 bridgehead atoms. The van der Waals surface area contributed by atoms with Crippen LogP contribution in [0, 0.1) is 12.8 Å². The SMILES string of the molecule is Cc1[nH]nc(C(=O)N2C[C@@H]3C[C@@H](O)[C@H]2[C@H]3N)c1C(F)(F)F. The molecule has 1 amide bonds. The van der Waals surface area contributed by atoms with Gasteiger partial charge in [0.15, 0.2) is 5.69 Å². The fourth-order valence-electron chi connectivity index (χ4n) is 3.41. The number of H-pyrrole nitrogens is 1. The second kappa shape index (κ2) is 4.44. The highest BCUT2D eigenvalue weighted by Crippen LogP contribution is 2.39. The number of carbonyl (C=O) groups is 1. The molecule has 2 fully saturated rings. The number of aryl methyl sites for hydroxylation is 1. The van der Waals surface area contributed by atoms with E-state index in [-0.39, 0.29) is 18.2 Å². The molecule has 1 aliphatic carbocycles. The molecule has 4 N–H and O–H groups in total. The third-order valence-corrected chi connectivity index (χ3v) is 4.36. The zero-order valence-corrected chi connectivity index (χ0v) is 11.2. The molecular weight excluding hydrogens is 289 g/mol. The fraction of sp³-hybridized carbons (Fsp3) is 0.667. The van der Waals surface area contributed by atoms with Crippen LogP contribution in [0.25, 0.3) is 0 Å². The normalized spacial score (nSPS) is 32.0. The van der Waals surface area contributed by atoms with Crippen molar-refractivity contribution in [1.29, 1.82) is 0 Å². The molecule has 0 unspecified atom stereocenters. The summed E-state index contributed by atoms with van der Waals surface area (Å²) in [6.07, 6.45) is -4.99. The summed E-state index contributed by atoms with van der Waals surface area (Å²) in [4.78, 5) is 13.6. The number of rotatable bonds is 1. The lowest BCUT2D eigenvalue weighted by atomic mass is 10.1. The van der Waals surface area contributed by atoms with Crippen LogP contribution in [0.15, 0.2) is 0 Å². The quantitative estimate of drug-likeness (QED) is 0.694. The Hall–Kier alpha value is -1.61. The largest absolute Gasteiger partial charge is 0.420 e. The molecule has 116 valence electrons. The number of nitrogens with two attached hydrogens (primary N) is 1. The molecule has 3 rings (SSSR count). The molecule has 1 aliphatic heterocycles. The number of carbonyl (C=O) groups excluding carboxylic acids is 1. The summed E-state index contributed by atoms with van der Waals surface area (Å²) in [6, 6.07) is -1.04. The lowest BCUT2D eigenvalue weighted by Crippen LogP contribution is -2.48. The number of halogens is 3. The van der Waals surface area contributed by atoms with E-state index in [9.17, 15) is 23.1 Å². The topological polar surface area (TPSA) is 95.2 Å². The number of alkyl halides is 3. The Morgan fingerprint density at radius 2 is 2.19 bits per heavy atom. The zero-order chi connectivity index (χ0) is 15.5. The summed E-state index contributed by atoms with van der Waals surface area (Å²) >= 11 is 0. The first-order chi connectivity index (χ1) is 9.71. The number of fused-ring (bicyclic) bond motifs is 2. The smallest absolute Gasteiger partial charge is 0.391 e. The fourth-order valence-corrected chi connectivity index (χ4v) is 3.41. The highest BCUT2D eigenvalue weighted by molar-refractivity contribution is 5.95. The molecule has 1 aromatic rings. The molecule has 1 aromatic heterocycles. The van der Waals surface area contributed by atoms with Crippen molar-refractivity contribution in [2.45, 2.75) is 37.7 Å². The first kappa shape index (κ1) is 14.3. The van der Waals surface area contributed by atoms with Crippen molar-refractivity contribution in [2.75, 3.05) is 6.54 Å². The number of aliphatic hydroxyl groups is 1. The average Bonchev–Trinajstić information content (AvgIpc) is 2.98. The Labute approximate surface area is 118 Å². The van der Waals surface area contributed by atoms with Gasteiger partial charge in [-0.15, -0.1) is 0 Å². The van der Waals surface area contributed by atoms with E-state index in [1.807, 2.05) is 0 Å². The van der Waals surface area contributed by atoms with Gasteiger partial charge < -0.3 is 15.7 Å². The number of nitrogens with one attached hydrogen (secondary N) is 1. The highest BCUT2D eigenvalue weighted by atomic mass is 19.4. The minimum absolute atomic E-state index is 0.0803. The van der Waals surface area contributed by atoms with Crippen molar-refractivity contribution in [3.8, 4) is 0 Å². The molecule has 0 spiro atoms. The van der Waals surface area contributed by atoms with Crippen LogP contribution in [0.4, 0.5) is 13.2 Å². The molecular formula is C12H15F3N4O2. The van der Waals surface area contributed by atoms with E-state index >= 15 is 0 Å². The molecule has 0 radical (unpaired) electrons. The summed E-state index contributed by atoms with van der Waals surface area (Å²) < 4.78 is 39.1. The Balaban J connectivity index is 1.95. The molecule has 1 saturated carbocycles. The molecule has 1 saturated heterocycles. The van der Waals surface area contributed by atoms with Gasteiger partial charge in [0.05, 0.1) is 12.1 Å². The minimum Gasteiger partial charge on any atom is -0.391 e. The summed E-state index contributed by atoms with van der Waals surface area (Å²) in [6.45, 7) is 1.47. The predicted molar refractivity (Wildman–Crippen MR) is 65.2 cm³/mol. The monoisotopic (exact) mass is 304 g/mol. The van der Waals surface area contributed by atoms with Gasteiger partial charge in [0.25, 0.3) is 5.91 Å². The van der Waals surface area contributed by atoms with Crippen LogP contribution >= 0.6 is 0 Å². The van der Waals surface area contributed by atoms with Crippen molar-refractivity contribution >= 4 is 5.91 Å². The summed E-state index contributed by atoms with van der Waals surface area (Å²) in [5.74, 6) is -0.920. The van der Waals surface area contributed by atoms with Crippen LogP contribution in [-0.2, 0) is 6.18 Å². The predicted octanol–water partition coefficient (Wildman–Crippen LogP) is 0.269. The second-order valence-electron chi connectivity index (χ2n) is 5.66. The van der Waals surface area contributed by atoms with Crippen molar-refractivity contribution in [1.82, 2.24) is 15.1 Å². The first-order valence-corrected chi connectivity index (χ1v) is 6.58. The van der Waals surface area contributed by atoms with E-state index in [0.717, 1.165) is 0 Å². The van der Waals surface area contributed by atoms with E-state index in [0.29, 0.717) is 6.42 Å². The Morgan fingerprint density at radius 1 is 1.52 bits per heavy atom. The van der Waals surface area contributed by atoms with Crippen LogP contribution in [0.1, 0.15) is 28.2 Å². The van der Waals surface area contributed by atoms with E-state index in [1.54, 1.807) is 0 Å². The van der Waals surface area contributed by atoms with Crippen LogP contribution < -0.4 is 5.73 Å². The molecule has 21 heavy (non-hydrogen) atoms. The zero-order valence-electron chi connectivity index (χ0n) is 11.2. The Bertz CT molecular complexity index is 586. The second-order valence-corrected chi connectivity index (χ2v) is 5.66. The summed E-state index contributed by atoms with van der Waals surface area (Å²) in [7, 11) is 0. The molecule has 2 aliphatic rings. The molecule has 6 nitrogen and oxygen atoms in total. The Morgan fingerprint density at radius 3 is 2.71 bits per heavy atom. The van der Waals surface area contributed by atoms with Gasteiger partial charge in [0.1, 0.15) is 5.56 Å². The highest BCUT2D eigenvalue weighted by Gasteiger charge is 2.53. The third-order valence-electron chi connectivity index (χ3n) is 4.36. The summed E-state index contributed by atoms with van der Waals surface area (Å²) in [5, 5.41) is 15.6. The maximum Gasteiger partial charge on any atom is 0.420 e. The van der Waals surface area contributed by atoms with Gasteiger partial charge in [0.2, 0.25) is 0 Å². The molecule has 9 heteroatoms. The summed E-state index contributed by atoms with van der Waals surface area (Å²) in [5.41, 5.74) is 3.98. The standard InChI is InChI=1S/C12H15F3N4O2/c1-4-7(12(13,14)15)9(18-17-4)11(21)19-3-5-2-6(20)10(19)8(5)16/h5-6,8,10,20H,2-3,16H2,1H3,(H,17,18)/t5-,6+,8-,10-/m0/s1. The number of hydrogen-bond donors (Lipinski definition) is 3. The number of hydrogen-bond acceptors (Lipinski definition) is 4. The van der Waals surface area contributed by atoms with Crippen molar-refractivity contribution in [3.63, 3.8) is 0 Å². The van der Waals surface area contributed by atoms with Gasteiger partial charge in [-0.2, -0.15) is 18.3 Å². The van der Waals surface area contributed by atoms with Crippen LogP contribution in [0.2, 0.25) is 0 Å². The van der Waals surface area contributed by atoms with Gasteiger partial charge >= 0.3 is 6.18 Å². The van der Waals surface area contributed by atoms with Gasteiger partial charge in [-0.05, 0) is 19.3 Å². The van der Waals surface area contributed by atoms with Crippen LogP contribution in [-0.4, -0.2) is 50.8 Å². The van der Waals surface area contributed by atoms with Gasteiger partial charge in [-0.3, -0.25) is 9.89 Å². The maximum atomic E-state index is 13.0. The Kier molecular flexibility index (Phi) is 3.03. The molecule has 4 atom stereocenters. The number of aromatic nitrogens is 2. The lowest BCUT2D eigenvalue weighted by Gasteiger charge is -2.30. The maximum absolute atomic E-state index is 13.0. The third kappa shape index (κ3) is 2.03. The van der Waals surface area contributed by atoms with Crippen LogP contribution in [0.3, 0.4) is 0 Å². The van der Waals surface area contributed by atoms with Gasteiger partial charge in [-0.25, -0.2) is 0 Å². The van der Waals surface area contributed by atoms with E-state index in [2.05, 4.69) is 10.2 Å². The average molecular weight is 304 g/mol. The van der Waals surface area contributed by atoms with Crippen molar-refractivity contribution in [3.05, 3.63) is 17.0 Å². The van der Waals surface area contributed by atoms with Crippen LogP contribution in [0.5, 0.6) is 0 Å². The number of amides is 1. The number of piperidine rings is 1. The molecule has 0 aromatic carbocycles. The number of likely N-dealkylation sites (tertiary alicyclic amines) is 1. The number of nitrogens with zero attached hydrogens (tertiary/aromatic N) is 2.